The number of nitrogens with two attached hydrogens (primary N) is 1. The summed E-state index contributed by atoms with van der Waals surface area (Å²) >= 11 is 0. The molecule has 23 heavy (non-hydrogen) atoms. The number of ether oxygens (including phenoxy) is 2. The molecule has 0 atom stereocenters. The van der Waals surface area contributed by atoms with Gasteiger partial charge in [0, 0.05) is 25.8 Å². The number of benzene rings is 1. The number of nitriles is 1. The number of fused-ring (bicyclic) bond motifs is 1. The minimum Gasteiger partial charge on any atom is -0.493 e. The molecule has 6 heteroatoms. The van der Waals surface area contributed by atoms with Crippen LogP contribution in [0.3, 0.4) is 0 Å². The molecule has 2 N–H and O–H groups in total. The van der Waals surface area contributed by atoms with Gasteiger partial charge >= 0.3 is 0 Å². The Morgan fingerprint density at radius 3 is 2.74 bits per heavy atom. The van der Waals surface area contributed by atoms with Crippen LogP contribution in [0.15, 0.2) is 24.4 Å². The molecule has 0 saturated heterocycles. The van der Waals surface area contributed by atoms with E-state index in [1.54, 1.807) is 20.4 Å². The molecule has 2 heterocycles. The predicted molar refractivity (Wildman–Crippen MR) is 85.9 cm³/mol. The summed E-state index contributed by atoms with van der Waals surface area (Å²) < 4.78 is 10.6. The second-order valence-electron chi connectivity index (χ2n) is 5.47. The molecule has 0 radical (unpaired) electrons. The van der Waals surface area contributed by atoms with Gasteiger partial charge in [-0.3, -0.25) is 4.90 Å². The van der Waals surface area contributed by atoms with Crippen molar-refractivity contribution in [2.75, 3.05) is 20.0 Å². The highest BCUT2D eigenvalue weighted by Gasteiger charge is 2.24. The van der Waals surface area contributed by atoms with Gasteiger partial charge < -0.3 is 15.2 Å². The molecule has 0 unspecified atom stereocenters. The Morgan fingerprint density at radius 2 is 2.04 bits per heavy atom. The van der Waals surface area contributed by atoms with E-state index in [0.717, 1.165) is 29.8 Å². The Hall–Kier alpha value is -2.78. The van der Waals surface area contributed by atoms with Gasteiger partial charge in [-0.15, -0.1) is 0 Å². The first-order chi connectivity index (χ1) is 11.2. The Kier molecular flexibility index (Phi) is 4.04. The quantitative estimate of drug-likeness (QED) is 0.930. The van der Waals surface area contributed by atoms with Crippen molar-refractivity contribution >= 4 is 5.82 Å². The van der Waals surface area contributed by atoms with E-state index in [1.807, 2.05) is 18.2 Å². The normalized spacial score (nSPS) is 13.4. The van der Waals surface area contributed by atoms with E-state index in [0.29, 0.717) is 29.4 Å². The summed E-state index contributed by atoms with van der Waals surface area (Å²) in [5.41, 5.74) is 9.46. The summed E-state index contributed by atoms with van der Waals surface area (Å²) in [5.74, 6) is 1.73. The molecule has 1 aromatic carbocycles. The van der Waals surface area contributed by atoms with Crippen LogP contribution in [-0.4, -0.2) is 24.1 Å². The van der Waals surface area contributed by atoms with Gasteiger partial charge in [0.2, 0.25) is 0 Å². The molecule has 0 spiro atoms. The van der Waals surface area contributed by atoms with Gasteiger partial charge in [0.1, 0.15) is 11.9 Å². The molecule has 2 aromatic rings. The van der Waals surface area contributed by atoms with Crippen molar-refractivity contribution in [1.29, 1.82) is 5.26 Å². The van der Waals surface area contributed by atoms with Gasteiger partial charge in [-0.25, -0.2) is 4.98 Å². The van der Waals surface area contributed by atoms with Gasteiger partial charge in [-0.2, -0.15) is 5.26 Å². The molecule has 0 aliphatic carbocycles. The molecule has 0 fully saturated rings. The van der Waals surface area contributed by atoms with E-state index >= 15 is 0 Å². The fourth-order valence-corrected chi connectivity index (χ4v) is 2.92. The SMILES string of the molecule is COc1ccc(CN2Cc3cnc(N)c(C#N)c3C2)cc1OC. The molecule has 6 nitrogen and oxygen atoms in total. The van der Waals surface area contributed by atoms with Crippen molar-refractivity contribution in [3.05, 3.63) is 46.6 Å². The topological polar surface area (TPSA) is 84.4 Å². The van der Waals surface area contributed by atoms with Crippen LogP contribution in [0, 0.1) is 11.3 Å². The number of anilines is 1. The maximum Gasteiger partial charge on any atom is 0.161 e. The van der Waals surface area contributed by atoms with Crippen LogP contribution in [-0.2, 0) is 19.6 Å². The third-order valence-electron chi connectivity index (χ3n) is 4.05. The summed E-state index contributed by atoms with van der Waals surface area (Å²) in [6.07, 6.45) is 1.76. The summed E-state index contributed by atoms with van der Waals surface area (Å²) in [6.45, 7) is 2.20. The van der Waals surface area contributed by atoms with Crippen molar-refractivity contribution in [1.82, 2.24) is 9.88 Å². The smallest absolute Gasteiger partial charge is 0.161 e. The lowest BCUT2D eigenvalue weighted by molar-refractivity contribution is 0.274. The average Bonchev–Trinajstić information content (AvgIpc) is 2.97. The molecule has 0 saturated carbocycles. The van der Waals surface area contributed by atoms with E-state index in [9.17, 15) is 5.26 Å². The van der Waals surface area contributed by atoms with E-state index in [-0.39, 0.29) is 0 Å². The van der Waals surface area contributed by atoms with E-state index in [4.69, 9.17) is 15.2 Å². The van der Waals surface area contributed by atoms with Crippen molar-refractivity contribution in [2.24, 2.45) is 0 Å². The molecular formula is C17H18N4O2. The summed E-state index contributed by atoms with van der Waals surface area (Å²) in [7, 11) is 3.25. The lowest BCUT2D eigenvalue weighted by atomic mass is 10.1. The standard InChI is InChI=1S/C17H18N4O2/c1-22-15-4-3-11(5-16(15)23-2)8-21-9-12-7-20-17(19)13(6-18)14(12)10-21/h3-5,7H,8-10H2,1-2H3,(H2,19,20). The molecule has 118 valence electrons. The van der Waals surface area contributed by atoms with Crippen LogP contribution in [0.4, 0.5) is 5.82 Å². The molecule has 1 aromatic heterocycles. The maximum absolute atomic E-state index is 9.27. The van der Waals surface area contributed by atoms with Crippen molar-refractivity contribution in [2.45, 2.75) is 19.6 Å². The van der Waals surface area contributed by atoms with Gasteiger partial charge in [-0.1, -0.05) is 6.07 Å². The zero-order valence-electron chi connectivity index (χ0n) is 13.2. The number of nitrogens with zero attached hydrogens (tertiary/aromatic N) is 3. The lowest BCUT2D eigenvalue weighted by Gasteiger charge is -2.16. The molecular weight excluding hydrogens is 292 g/mol. The second kappa shape index (κ2) is 6.15. The van der Waals surface area contributed by atoms with Crippen LogP contribution in [0.5, 0.6) is 11.5 Å². The monoisotopic (exact) mass is 310 g/mol. The Labute approximate surface area is 135 Å². The predicted octanol–water partition coefficient (Wildman–Crippen LogP) is 2.07. The number of hydrogen-bond acceptors (Lipinski definition) is 6. The van der Waals surface area contributed by atoms with Crippen molar-refractivity contribution < 1.29 is 9.47 Å². The third kappa shape index (κ3) is 2.79. The molecule has 0 bridgehead atoms. The van der Waals surface area contributed by atoms with Crippen LogP contribution in [0.2, 0.25) is 0 Å². The van der Waals surface area contributed by atoms with Crippen LogP contribution < -0.4 is 15.2 Å². The highest BCUT2D eigenvalue weighted by atomic mass is 16.5. The molecule has 0 amide bonds. The highest BCUT2D eigenvalue weighted by Crippen LogP contribution is 2.31. The second-order valence-corrected chi connectivity index (χ2v) is 5.47. The number of methoxy groups -OCH3 is 2. The first-order valence-electron chi connectivity index (χ1n) is 7.25. The minimum atomic E-state index is 0.305. The Morgan fingerprint density at radius 1 is 1.26 bits per heavy atom. The molecule has 1 aliphatic heterocycles. The van der Waals surface area contributed by atoms with Gasteiger partial charge in [0.05, 0.1) is 19.8 Å². The zero-order chi connectivity index (χ0) is 16.4. The summed E-state index contributed by atoms with van der Waals surface area (Å²) in [5, 5.41) is 9.27. The first kappa shape index (κ1) is 15.1. The van der Waals surface area contributed by atoms with E-state index < -0.39 is 0 Å². The van der Waals surface area contributed by atoms with Crippen LogP contribution in [0.1, 0.15) is 22.3 Å². The fraction of sp³-hybridized carbons (Fsp3) is 0.294. The number of nitrogen functional groups attached to an aromatic ring is 1. The fourth-order valence-electron chi connectivity index (χ4n) is 2.92. The summed E-state index contributed by atoms with van der Waals surface area (Å²) in [6, 6.07) is 8.05. The first-order valence-corrected chi connectivity index (χ1v) is 7.25. The highest BCUT2D eigenvalue weighted by molar-refractivity contribution is 5.56. The summed E-state index contributed by atoms with van der Waals surface area (Å²) in [4.78, 5) is 6.35. The molecule has 1 aliphatic rings. The number of pyridine rings is 1. The average molecular weight is 310 g/mol. The Bertz CT molecular complexity index is 783. The Balaban J connectivity index is 1.80. The number of aromatic nitrogens is 1. The molecule has 3 rings (SSSR count). The van der Waals surface area contributed by atoms with Crippen molar-refractivity contribution in [3.63, 3.8) is 0 Å². The van der Waals surface area contributed by atoms with Gasteiger partial charge in [0.25, 0.3) is 0 Å². The number of hydrogen-bond donors (Lipinski definition) is 1. The zero-order valence-corrected chi connectivity index (χ0v) is 13.2. The largest absolute Gasteiger partial charge is 0.493 e. The van der Waals surface area contributed by atoms with Gasteiger partial charge in [-0.05, 0) is 28.8 Å². The third-order valence-corrected chi connectivity index (χ3v) is 4.05. The van der Waals surface area contributed by atoms with Gasteiger partial charge in [0.15, 0.2) is 11.5 Å². The van der Waals surface area contributed by atoms with E-state index in [2.05, 4.69) is 16.0 Å². The van der Waals surface area contributed by atoms with Crippen LogP contribution in [0.25, 0.3) is 0 Å². The minimum absolute atomic E-state index is 0.305. The van der Waals surface area contributed by atoms with Crippen molar-refractivity contribution in [3.8, 4) is 17.6 Å². The number of rotatable bonds is 4. The van der Waals surface area contributed by atoms with Crippen LogP contribution >= 0.6 is 0 Å². The maximum atomic E-state index is 9.27. The van der Waals surface area contributed by atoms with E-state index in [1.165, 1.54) is 0 Å². The lowest BCUT2D eigenvalue weighted by Crippen LogP contribution is -2.15.